The van der Waals surface area contributed by atoms with Crippen LogP contribution in [0.15, 0.2) is 34.9 Å². The van der Waals surface area contributed by atoms with E-state index < -0.39 is 0 Å². The molecule has 24 heavy (non-hydrogen) atoms. The summed E-state index contributed by atoms with van der Waals surface area (Å²) >= 11 is 0. The molecule has 0 aromatic carbocycles. The summed E-state index contributed by atoms with van der Waals surface area (Å²) in [6.07, 6.45) is 4.74. The number of aromatic nitrogens is 2. The minimum Gasteiger partial charge on any atom is -0.379 e. The van der Waals surface area contributed by atoms with Crippen molar-refractivity contribution in [3.63, 3.8) is 0 Å². The molecule has 3 heterocycles. The lowest BCUT2D eigenvalue weighted by Gasteiger charge is -2.16. The number of aryl methyl sites for hydroxylation is 1. The van der Waals surface area contributed by atoms with Crippen molar-refractivity contribution in [1.29, 1.82) is 0 Å². The van der Waals surface area contributed by atoms with Gasteiger partial charge < -0.3 is 19.9 Å². The van der Waals surface area contributed by atoms with Crippen LogP contribution in [-0.4, -0.2) is 28.8 Å². The van der Waals surface area contributed by atoms with Gasteiger partial charge in [0.2, 0.25) is 0 Å². The summed E-state index contributed by atoms with van der Waals surface area (Å²) in [6.45, 7) is 7.94. The minimum atomic E-state index is -0.0155. The summed E-state index contributed by atoms with van der Waals surface area (Å²) in [5, 5.41) is 8.18. The lowest BCUT2D eigenvalue weighted by atomic mass is 10.1. The van der Waals surface area contributed by atoms with E-state index >= 15 is 0 Å². The lowest BCUT2D eigenvalue weighted by molar-refractivity contribution is 0.195. The standard InChI is InChI=1S/C18H24N4O2/c1-4-12(3)19-15-10-13-6-8-22(5-2)18(23)16(13)17(21-15)20-14-7-9-24-11-14/h4,6,8,10,14H,5,7,9,11H2,1-3H3,(H2,19,20,21)/b12-4+/t14-/m0/s1. The van der Waals surface area contributed by atoms with E-state index in [0.717, 1.165) is 29.9 Å². The number of ether oxygens (including phenoxy) is 1. The molecule has 0 radical (unpaired) electrons. The zero-order chi connectivity index (χ0) is 17.1. The van der Waals surface area contributed by atoms with E-state index in [2.05, 4.69) is 15.6 Å². The van der Waals surface area contributed by atoms with Gasteiger partial charge in [-0.2, -0.15) is 0 Å². The predicted octanol–water partition coefficient (Wildman–Crippen LogP) is 2.95. The van der Waals surface area contributed by atoms with Gasteiger partial charge in [-0.15, -0.1) is 0 Å². The monoisotopic (exact) mass is 328 g/mol. The molecule has 1 atom stereocenters. The quantitative estimate of drug-likeness (QED) is 0.883. The Labute approximate surface area is 141 Å². The zero-order valence-corrected chi connectivity index (χ0v) is 14.4. The van der Waals surface area contributed by atoms with Crippen molar-refractivity contribution in [2.24, 2.45) is 0 Å². The fourth-order valence-electron chi connectivity index (χ4n) is 2.84. The highest BCUT2D eigenvalue weighted by atomic mass is 16.5. The van der Waals surface area contributed by atoms with Gasteiger partial charge in [-0.05, 0) is 44.7 Å². The Bertz CT molecular complexity index is 820. The van der Waals surface area contributed by atoms with Gasteiger partial charge in [0.05, 0.1) is 18.0 Å². The van der Waals surface area contributed by atoms with Gasteiger partial charge in [0.15, 0.2) is 0 Å². The molecule has 0 amide bonds. The van der Waals surface area contributed by atoms with E-state index in [-0.39, 0.29) is 11.6 Å². The van der Waals surface area contributed by atoms with Gasteiger partial charge in [0.25, 0.3) is 5.56 Å². The van der Waals surface area contributed by atoms with Crippen molar-refractivity contribution < 1.29 is 4.74 Å². The molecule has 2 aromatic rings. The summed E-state index contributed by atoms with van der Waals surface area (Å²) in [7, 11) is 0. The van der Waals surface area contributed by atoms with E-state index in [1.165, 1.54) is 0 Å². The van der Waals surface area contributed by atoms with Crippen LogP contribution in [0.4, 0.5) is 11.6 Å². The number of rotatable bonds is 5. The third-order valence-corrected chi connectivity index (χ3v) is 4.33. The van der Waals surface area contributed by atoms with Crippen LogP contribution in [0.1, 0.15) is 27.2 Å². The van der Waals surface area contributed by atoms with Gasteiger partial charge in [-0.1, -0.05) is 6.08 Å². The highest BCUT2D eigenvalue weighted by molar-refractivity contribution is 5.93. The molecule has 0 aliphatic carbocycles. The minimum absolute atomic E-state index is 0.0155. The van der Waals surface area contributed by atoms with Crippen molar-refractivity contribution >= 4 is 22.4 Å². The predicted molar refractivity (Wildman–Crippen MR) is 97.6 cm³/mol. The van der Waals surface area contributed by atoms with Crippen molar-refractivity contribution in [1.82, 2.24) is 9.55 Å². The fourth-order valence-corrected chi connectivity index (χ4v) is 2.84. The topological polar surface area (TPSA) is 68.2 Å². The van der Waals surface area contributed by atoms with Gasteiger partial charge in [-0.25, -0.2) is 4.98 Å². The van der Waals surface area contributed by atoms with Crippen LogP contribution < -0.4 is 16.2 Å². The number of allylic oxidation sites excluding steroid dienone is 2. The molecule has 1 fully saturated rings. The number of pyridine rings is 2. The molecular formula is C18H24N4O2. The Morgan fingerprint density at radius 3 is 3.04 bits per heavy atom. The summed E-state index contributed by atoms with van der Waals surface area (Å²) in [4.78, 5) is 17.4. The van der Waals surface area contributed by atoms with Gasteiger partial charge in [0, 0.05) is 25.0 Å². The molecule has 1 saturated heterocycles. The molecule has 6 heteroatoms. The van der Waals surface area contributed by atoms with Crippen LogP contribution >= 0.6 is 0 Å². The molecule has 2 aromatic heterocycles. The van der Waals surface area contributed by atoms with E-state index in [1.807, 2.05) is 45.2 Å². The van der Waals surface area contributed by atoms with E-state index in [9.17, 15) is 4.79 Å². The second-order valence-corrected chi connectivity index (χ2v) is 6.03. The van der Waals surface area contributed by atoms with Crippen LogP contribution in [0.2, 0.25) is 0 Å². The van der Waals surface area contributed by atoms with E-state index in [4.69, 9.17) is 4.74 Å². The number of hydrogen-bond donors (Lipinski definition) is 2. The average molecular weight is 328 g/mol. The normalized spacial score (nSPS) is 18.1. The van der Waals surface area contributed by atoms with Crippen LogP contribution in [-0.2, 0) is 11.3 Å². The number of nitrogens with zero attached hydrogens (tertiary/aromatic N) is 2. The molecule has 128 valence electrons. The Morgan fingerprint density at radius 1 is 1.54 bits per heavy atom. The molecular weight excluding hydrogens is 304 g/mol. The first-order valence-electron chi connectivity index (χ1n) is 8.40. The largest absolute Gasteiger partial charge is 0.379 e. The lowest BCUT2D eigenvalue weighted by Crippen LogP contribution is -2.24. The fraction of sp³-hybridized carbons (Fsp3) is 0.444. The van der Waals surface area contributed by atoms with E-state index in [1.54, 1.807) is 4.57 Å². The maximum Gasteiger partial charge on any atom is 0.262 e. The van der Waals surface area contributed by atoms with Gasteiger partial charge in [0.1, 0.15) is 11.6 Å². The molecule has 0 unspecified atom stereocenters. The third kappa shape index (κ3) is 3.28. The maximum atomic E-state index is 12.8. The first-order valence-corrected chi connectivity index (χ1v) is 8.40. The van der Waals surface area contributed by atoms with Crippen LogP contribution in [0.3, 0.4) is 0 Å². The summed E-state index contributed by atoms with van der Waals surface area (Å²) in [5.41, 5.74) is 0.997. The van der Waals surface area contributed by atoms with E-state index in [0.29, 0.717) is 24.4 Å². The van der Waals surface area contributed by atoms with Crippen LogP contribution in [0, 0.1) is 0 Å². The average Bonchev–Trinajstić information content (AvgIpc) is 3.07. The van der Waals surface area contributed by atoms with Crippen molar-refractivity contribution in [3.8, 4) is 0 Å². The second-order valence-electron chi connectivity index (χ2n) is 6.03. The maximum absolute atomic E-state index is 12.8. The highest BCUT2D eigenvalue weighted by Crippen LogP contribution is 2.24. The van der Waals surface area contributed by atoms with Crippen molar-refractivity contribution in [2.45, 2.75) is 39.8 Å². The SMILES string of the molecule is C/C=C(\C)Nc1cc2ccn(CC)c(=O)c2c(N[C@H]2CCOC2)n1. The second kappa shape index (κ2) is 7.05. The molecule has 0 saturated carbocycles. The molecule has 3 rings (SSSR count). The summed E-state index contributed by atoms with van der Waals surface area (Å²) in [6, 6.07) is 4.07. The Hall–Kier alpha value is -2.34. The highest BCUT2D eigenvalue weighted by Gasteiger charge is 2.19. The first kappa shape index (κ1) is 16.5. The number of anilines is 2. The molecule has 0 bridgehead atoms. The molecule has 0 spiro atoms. The molecule has 6 nitrogen and oxygen atoms in total. The van der Waals surface area contributed by atoms with Gasteiger partial charge in [-0.3, -0.25) is 4.79 Å². The number of hydrogen-bond acceptors (Lipinski definition) is 5. The smallest absolute Gasteiger partial charge is 0.262 e. The van der Waals surface area contributed by atoms with Crippen LogP contribution in [0.25, 0.3) is 10.8 Å². The molecule has 1 aliphatic rings. The number of nitrogens with one attached hydrogen (secondary N) is 2. The Kier molecular flexibility index (Phi) is 4.85. The Morgan fingerprint density at radius 2 is 2.38 bits per heavy atom. The molecule has 2 N–H and O–H groups in total. The Balaban J connectivity index is 2.12. The summed E-state index contributed by atoms with van der Waals surface area (Å²) < 4.78 is 7.13. The third-order valence-electron chi connectivity index (χ3n) is 4.33. The molecule has 1 aliphatic heterocycles. The number of fused-ring (bicyclic) bond motifs is 1. The summed E-state index contributed by atoms with van der Waals surface area (Å²) in [5.74, 6) is 1.36. The van der Waals surface area contributed by atoms with Crippen molar-refractivity contribution in [2.75, 3.05) is 23.8 Å². The first-order chi connectivity index (χ1) is 11.6. The zero-order valence-electron chi connectivity index (χ0n) is 14.4. The van der Waals surface area contributed by atoms with Crippen LogP contribution in [0.5, 0.6) is 0 Å². The van der Waals surface area contributed by atoms with Gasteiger partial charge >= 0.3 is 0 Å². The van der Waals surface area contributed by atoms with Crippen molar-refractivity contribution in [3.05, 3.63) is 40.5 Å².